The molecule has 1 rings (SSSR count). The third-order valence-corrected chi connectivity index (χ3v) is 8.87. The average Bonchev–Trinajstić information content (AvgIpc) is 2.89. The quantitative estimate of drug-likeness (QED) is 0.0735. The van der Waals surface area contributed by atoms with Crippen molar-refractivity contribution in [1.82, 2.24) is 5.06 Å². The van der Waals surface area contributed by atoms with Crippen molar-refractivity contribution in [2.75, 3.05) is 13.2 Å². The van der Waals surface area contributed by atoms with Crippen molar-refractivity contribution in [3.8, 4) is 0 Å². The number of carbonyl (C=O) groups excluding carboxylic acids is 1. The zero-order valence-electron chi connectivity index (χ0n) is 29.6. The van der Waals surface area contributed by atoms with E-state index in [0.717, 1.165) is 38.7 Å². The number of carbonyl (C=O) groups is 1. The molecular weight excluding hydrogens is 522 g/mol. The number of piperidine rings is 1. The Morgan fingerprint density at radius 1 is 0.667 bits per heavy atom. The van der Waals surface area contributed by atoms with Crippen molar-refractivity contribution in [3.05, 3.63) is 0 Å². The zero-order valence-corrected chi connectivity index (χ0v) is 29.6. The van der Waals surface area contributed by atoms with Crippen molar-refractivity contribution in [2.24, 2.45) is 0 Å². The molecule has 42 heavy (non-hydrogen) atoms. The number of unbranched alkanes of at least 4 members (excludes halogenated alkanes) is 17. The summed E-state index contributed by atoms with van der Waals surface area (Å²) in [6, 6.07) is 0. The van der Waals surface area contributed by atoms with Crippen LogP contribution in [0.25, 0.3) is 0 Å². The summed E-state index contributed by atoms with van der Waals surface area (Å²) < 4.78 is 12.2. The van der Waals surface area contributed by atoms with Gasteiger partial charge in [0.2, 0.25) is 0 Å². The molecule has 1 saturated heterocycles. The van der Waals surface area contributed by atoms with E-state index in [0.29, 0.717) is 13.0 Å². The summed E-state index contributed by atoms with van der Waals surface area (Å²) in [5.41, 5.74) is -0.813. The molecule has 5 nitrogen and oxygen atoms in total. The minimum atomic E-state index is -0.338. The van der Waals surface area contributed by atoms with Crippen molar-refractivity contribution < 1.29 is 19.1 Å². The summed E-state index contributed by atoms with van der Waals surface area (Å²) in [5.74, 6) is -0.0340. The third kappa shape index (κ3) is 18.2. The van der Waals surface area contributed by atoms with Gasteiger partial charge in [-0.25, -0.2) is 0 Å². The van der Waals surface area contributed by atoms with Crippen molar-refractivity contribution in [1.29, 1.82) is 0 Å². The lowest BCUT2D eigenvalue weighted by Crippen LogP contribution is -2.62. The molecule has 250 valence electrons. The van der Waals surface area contributed by atoms with Crippen LogP contribution in [-0.2, 0) is 19.1 Å². The van der Waals surface area contributed by atoms with Crippen LogP contribution in [0.5, 0.6) is 0 Å². The van der Waals surface area contributed by atoms with Crippen LogP contribution in [0.2, 0.25) is 0 Å². The molecule has 1 heterocycles. The molecule has 1 aliphatic rings. The van der Waals surface area contributed by atoms with Gasteiger partial charge in [0.25, 0.3) is 0 Å². The molecule has 1 aliphatic heterocycles. The lowest BCUT2D eigenvalue weighted by atomic mass is 9.80. The fourth-order valence-electron chi connectivity index (χ4n) is 6.63. The molecular formula is C37H73NO4. The van der Waals surface area contributed by atoms with Crippen LogP contribution in [0.4, 0.5) is 0 Å². The number of hydroxylamine groups is 2. The standard InChI is InChI=1S/C37H73NO4/c1-9-11-13-15-16-17-18-19-20-21-22-23-24-25-26-28-34(39)42-33-30-35(3,4)38(36(5,6)31-33)41-32-37(7,8)40-29-27-14-12-10-2/h33H,9-32H2,1-8H3. The van der Waals surface area contributed by atoms with Gasteiger partial charge in [-0.15, -0.1) is 0 Å². The van der Waals surface area contributed by atoms with Gasteiger partial charge >= 0.3 is 5.97 Å². The van der Waals surface area contributed by atoms with Crippen molar-refractivity contribution >= 4 is 5.97 Å². The lowest BCUT2D eigenvalue weighted by Gasteiger charge is -2.53. The molecule has 0 bridgehead atoms. The van der Waals surface area contributed by atoms with Gasteiger partial charge in [-0.2, -0.15) is 5.06 Å². The predicted octanol–water partition coefficient (Wildman–Crippen LogP) is 11.1. The van der Waals surface area contributed by atoms with E-state index in [2.05, 4.69) is 60.5 Å². The normalized spacial score (nSPS) is 17.5. The second kappa shape index (κ2) is 22.0. The fraction of sp³-hybridized carbons (Fsp3) is 0.973. The highest BCUT2D eigenvalue weighted by Crippen LogP contribution is 2.40. The molecule has 0 saturated carbocycles. The van der Waals surface area contributed by atoms with Crippen molar-refractivity contribution in [2.45, 2.75) is 219 Å². The molecule has 0 aromatic rings. The van der Waals surface area contributed by atoms with E-state index in [4.69, 9.17) is 14.3 Å². The Morgan fingerprint density at radius 3 is 1.52 bits per heavy atom. The Labute approximate surface area is 262 Å². The van der Waals surface area contributed by atoms with Crippen LogP contribution in [-0.4, -0.2) is 47.0 Å². The highest BCUT2D eigenvalue weighted by molar-refractivity contribution is 5.69. The predicted molar refractivity (Wildman–Crippen MR) is 179 cm³/mol. The maximum Gasteiger partial charge on any atom is 0.306 e. The van der Waals surface area contributed by atoms with Gasteiger partial charge < -0.3 is 9.47 Å². The van der Waals surface area contributed by atoms with E-state index in [1.54, 1.807) is 0 Å². The molecule has 0 amide bonds. The first-order valence-electron chi connectivity index (χ1n) is 18.2. The summed E-state index contributed by atoms with van der Waals surface area (Å²) in [6.07, 6.45) is 26.8. The largest absolute Gasteiger partial charge is 0.462 e. The van der Waals surface area contributed by atoms with Crippen LogP contribution in [0.1, 0.15) is 197 Å². The molecule has 0 N–H and O–H groups in total. The van der Waals surface area contributed by atoms with Gasteiger partial charge in [-0.05, 0) is 54.4 Å². The number of esters is 1. The Hall–Kier alpha value is -0.650. The maximum atomic E-state index is 12.7. The second-order valence-corrected chi connectivity index (χ2v) is 15.1. The van der Waals surface area contributed by atoms with Gasteiger partial charge in [0.15, 0.2) is 0 Å². The van der Waals surface area contributed by atoms with Crippen LogP contribution in [0.3, 0.4) is 0 Å². The highest BCUT2D eigenvalue weighted by Gasteiger charge is 2.48. The molecule has 0 radical (unpaired) electrons. The number of hydrogen-bond donors (Lipinski definition) is 0. The van der Waals surface area contributed by atoms with E-state index in [1.165, 1.54) is 103 Å². The average molecular weight is 596 g/mol. The van der Waals surface area contributed by atoms with Crippen LogP contribution in [0, 0.1) is 0 Å². The summed E-state index contributed by atoms with van der Waals surface area (Å²) in [4.78, 5) is 19.1. The smallest absolute Gasteiger partial charge is 0.306 e. The molecule has 0 aromatic carbocycles. The Morgan fingerprint density at radius 2 is 1.07 bits per heavy atom. The first-order chi connectivity index (χ1) is 19.9. The molecule has 1 fully saturated rings. The number of ether oxygens (including phenoxy) is 2. The minimum absolute atomic E-state index is 0.0340. The lowest BCUT2D eigenvalue weighted by molar-refractivity contribution is -0.309. The topological polar surface area (TPSA) is 48.0 Å². The molecule has 5 heteroatoms. The Balaban J connectivity index is 2.21. The minimum Gasteiger partial charge on any atom is -0.462 e. The number of nitrogens with zero attached hydrogens (tertiary/aromatic N) is 1. The van der Waals surface area contributed by atoms with Gasteiger partial charge in [0, 0.05) is 36.9 Å². The molecule has 0 atom stereocenters. The molecule has 0 unspecified atom stereocenters. The summed E-state index contributed by atoms with van der Waals surface area (Å²) in [5, 5.41) is 2.14. The van der Waals surface area contributed by atoms with E-state index in [1.807, 2.05) is 0 Å². The van der Waals surface area contributed by atoms with Gasteiger partial charge in [0.05, 0.1) is 12.2 Å². The SMILES string of the molecule is CCCCCCCCCCCCCCCCCC(=O)OC1CC(C)(C)N(OCC(C)(C)OCCCCCC)C(C)(C)C1. The number of rotatable bonds is 26. The summed E-state index contributed by atoms with van der Waals surface area (Å²) in [7, 11) is 0. The van der Waals surface area contributed by atoms with Gasteiger partial charge in [-0.1, -0.05) is 123 Å². The molecule has 0 aliphatic carbocycles. The Bertz CT molecular complexity index is 657. The summed E-state index contributed by atoms with van der Waals surface area (Å²) >= 11 is 0. The summed E-state index contributed by atoms with van der Waals surface area (Å²) in [6.45, 7) is 18.8. The molecule has 0 aromatic heterocycles. The van der Waals surface area contributed by atoms with E-state index < -0.39 is 0 Å². The fourth-order valence-corrected chi connectivity index (χ4v) is 6.63. The first-order valence-corrected chi connectivity index (χ1v) is 18.2. The van der Waals surface area contributed by atoms with Crippen LogP contribution < -0.4 is 0 Å². The number of hydrogen-bond acceptors (Lipinski definition) is 5. The third-order valence-electron chi connectivity index (χ3n) is 8.87. The van der Waals surface area contributed by atoms with E-state index >= 15 is 0 Å². The maximum absolute atomic E-state index is 12.7. The van der Waals surface area contributed by atoms with Gasteiger partial charge in [-0.3, -0.25) is 9.63 Å². The monoisotopic (exact) mass is 596 g/mol. The Kier molecular flexibility index (Phi) is 20.6. The van der Waals surface area contributed by atoms with Crippen LogP contribution in [0.15, 0.2) is 0 Å². The van der Waals surface area contributed by atoms with Crippen LogP contribution >= 0.6 is 0 Å². The first kappa shape index (κ1) is 39.4. The van der Waals surface area contributed by atoms with Gasteiger partial charge in [0.1, 0.15) is 6.10 Å². The second-order valence-electron chi connectivity index (χ2n) is 15.1. The van der Waals surface area contributed by atoms with E-state index in [9.17, 15) is 4.79 Å². The highest BCUT2D eigenvalue weighted by atomic mass is 16.7. The zero-order chi connectivity index (χ0) is 31.3. The van der Waals surface area contributed by atoms with E-state index in [-0.39, 0.29) is 28.8 Å². The van der Waals surface area contributed by atoms with Crippen molar-refractivity contribution in [3.63, 3.8) is 0 Å². The molecule has 0 spiro atoms.